The number of hydrogen-bond donors (Lipinski definition) is 1. The van der Waals surface area contributed by atoms with Gasteiger partial charge in [0, 0.05) is 0 Å². The van der Waals surface area contributed by atoms with E-state index in [0.29, 0.717) is 26.1 Å². The van der Waals surface area contributed by atoms with Crippen molar-refractivity contribution in [1.82, 2.24) is 0 Å². The molecule has 0 radical (unpaired) electrons. The molecule has 0 saturated heterocycles. The monoisotopic (exact) mass is 452 g/mol. The van der Waals surface area contributed by atoms with Gasteiger partial charge < -0.3 is 14.6 Å². The smallest absolute Gasteiger partial charge is 0.307 e. The number of ether oxygens (including phenoxy) is 2. The fourth-order valence-corrected chi connectivity index (χ4v) is 3.74. The molecular formula is C30H28O4. The first-order valence-corrected chi connectivity index (χ1v) is 11.4. The molecule has 4 heteroatoms. The summed E-state index contributed by atoms with van der Waals surface area (Å²) in [7, 11) is 0. The topological polar surface area (TPSA) is 55.8 Å². The number of carboxylic acid groups (broad SMARTS) is 1. The second-order valence-electron chi connectivity index (χ2n) is 8.28. The van der Waals surface area contributed by atoms with Gasteiger partial charge in [-0.15, -0.1) is 0 Å². The van der Waals surface area contributed by atoms with E-state index in [-0.39, 0.29) is 0 Å². The van der Waals surface area contributed by atoms with Crippen molar-refractivity contribution in [2.75, 3.05) is 0 Å². The van der Waals surface area contributed by atoms with E-state index in [1.54, 1.807) is 0 Å². The molecule has 0 fully saturated rings. The molecule has 0 heterocycles. The third-order valence-electron chi connectivity index (χ3n) is 5.66. The number of rotatable bonds is 11. The maximum atomic E-state index is 11.9. The van der Waals surface area contributed by atoms with Gasteiger partial charge in [0.1, 0.15) is 24.7 Å². The first-order valence-electron chi connectivity index (χ1n) is 11.4. The van der Waals surface area contributed by atoms with E-state index >= 15 is 0 Å². The molecule has 4 nitrogen and oxygen atoms in total. The molecule has 0 amide bonds. The van der Waals surface area contributed by atoms with Crippen molar-refractivity contribution in [3.63, 3.8) is 0 Å². The average Bonchev–Trinajstić information content (AvgIpc) is 2.88. The fourth-order valence-electron chi connectivity index (χ4n) is 3.74. The van der Waals surface area contributed by atoms with E-state index in [4.69, 9.17) is 9.47 Å². The minimum Gasteiger partial charge on any atom is -0.489 e. The largest absolute Gasteiger partial charge is 0.489 e. The van der Waals surface area contributed by atoms with Crippen LogP contribution in [0.2, 0.25) is 0 Å². The summed E-state index contributed by atoms with van der Waals surface area (Å²) in [6.45, 7) is 1.01. The summed E-state index contributed by atoms with van der Waals surface area (Å²) < 4.78 is 11.7. The molecule has 1 N–H and O–H groups in total. The van der Waals surface area contributed by atoms with Crippen molar-refractivity contribution >= 4 is 5.97 Å². The van der Waals surface area contributed by atoms with Gasteiger partial charge in [-0.3, -0.25) is 4.79 Å². The van der Waals surface area contributed by atoms with Crippen molar-refractivity contribution in [2.24, 2.45) is 5.92 Å². The van der Waals surface area contributed by atoms with Crippen molar-refractivity contribution < 1.29 is 19.4 Å². The highest BCUT2D eigenvalue weighted by Gasteiger charge is 2.19. The van der Waals surface area contributed by atoms with Gasteiger partial charge in [0.15, 0.2) is 0 Å². The van der Waals surface area contributed by atoms with Crippen LogP contribution in [0.5, 0.6) is 11.5 Å². The van der Waals surface area contributed by atoms with Crippen LogP contribution >= 0.6 is 0 Å². The lowest BCUT2D eigenvalue weighted by atomic mass is 9.92. The molecule has 4 aromatic rings. The highest BCUT2D eigenvalue weighted by atomic mass is 16.5. The second kappa shape index (κ2) is 11.7. The van der Waals surface area contributed by atoms with Gasteiger partial charge in [0.05, 0.1) is 5.92 Å². The van der Waals surface area contributed by atoms with Crippen molar-refractivity contribution in [1.29, 1.82) is 0 Å². The normalized spacial score (nSPS) is 10.7. The van der Waals surface area contributed by atoms with E-state index in [1.807, 2.05) is 109 Å². The Hall–Kier alpha value is -4.05. The standard InChI is InChI=1S/C30H28O4/c31-30(32)27(19-23-11-15-28(16-12-23)33-21-25-7-3-1-4-8-25)20-24-13-17-29(18-14-24)34-22-26-9-5-2-6-10-26/h1-18,27H,19-22H2,(H,31,32). The first-order chi connectivity index (χ1) is 16.7. The summed E-state index contributed by atoms with van der Waals surface area (Å²) in [5, 5.41) is 9.78. The van der Waals surface area contributed by atoms with Gasteiger partial charge in [-0.2, -0.15) is 0 Å². The Morgan fingerprint density at radius 2 is 0.941 bits per heavy atom. The SMILES string of the molecule is O=C(O)C(Cc1ccc(OCc2ccccc2)cc1)Cc1ccc(OCc2ccccc2)cc1. The van der Waals surface area contributed by atoms with Crippen molar-refractivity contribution in [3.8, 4) is 11.5 Å². The minimum absolute atomic E-state index is 0.459. The highest BCUT2D eigenvalue weighted by Crippen LogP contribution is 2.21. The molecule has 0 aliphatic rings. The predicted octanol–water partition coefficient (Wildman–Crippen LogP) is 6.33. The zero-order valence-electron chi connectivity index (χ0n) is 19.0. The molecule has 172 valence electrons. The summed E-state index contributed by atoms with van der Waals surface area (Å²) in [5.74, 6) is 0.233. The number of hydrogen-bond acceptors (Lipinski definition) is 3. The minimum atomic E-state index is -0.797. The van der Waals surface area contributed by atoms with E-state index in [2.05, 4.69) is 0 Å². The third kappa shape index (κ3) is 6.97. The van der Waals surface area contributed by atoms with Gasteiger partial charge in [-0.05, 0) is 59.4 Å². The summed E-state index contributed by atoms with van der Waals surface area (Å²) in [5.41, 5.74) is 4.16. The van der Waals surface area contributed by atoms with Crippen LogP contribution in [0.15, 0.2) is 109 Å². The van der Waals surface area contributed by atoms with Crippen molar-refractivity contribution in [3.05, 3.63) is 131 Å². The summed E-state index contributed by atoms with van der Waals surface area (Å²) in [6.07, 6.45) is 0.918. The van der Waals surface area contributed by atoms with Gasteiger partial charge in [0.25, 0.3) is 0 Å². The maximum Gasteiger partial charge on any atom is 0.307 e. The van der Waals surface area contributed by atoms with Crippen LogP contribution in [-0.2, 0) is 30.8 Å². The molecule has 0 aliphatic heterocycles. The Morgan fingerprint density at radius 3 is 1.29 bits per heavy atom. The van der Waals surface area contributed by atoms with Crippen LogP contribution < -0.4 is 9.47 Å². The van der Waals surface area contributed by atoms with E-state index in [9.17, 15) is 9.90 Å². The van der Waals surface area contributed by atoms with Gasteiger partial charge >= 0.3 is 5.97 Å². The molecule has 4 aromatic carbocycles. The molecule has 4 rings (SSSR count). The Bertz CT molecular complexity index is 1070. The molecule has 34 heavy (non-hydrogen) atoms. The van der Waals surface area contributed by atoms with E-state index < -0.39 is 11.9 Å². The number of carboxylic acids is 1. The summed E-state index contributed by atoms with van der Waals surface area (Å²) >= 11 is 0. The quantitative estimate of drug-likeness (QED) is 0.289. The molecular weight excluding hydrogens is 424 g/mol. The summed E-state index contributed by atoms with van der Waals surface area (Å²) in [4.78, 5) is 11.9. The summed E-state index contributed by atoms with van der Waals surface area (Å²) in [6, 6.07) is 35.3. The van der Waals surface area contributed by atoms with Crippen molar-refractivity contribution in [2.45, 2.75) is 26.1 Å². The molecule has 0 saturated carbocycles. The molecule has 0 spiro atoms. The first kappa shape index (κ1) is 23.1. The molecule has 0 aliphatic carbocycles. The maximum absolute atomic E-state index is 11.9. The van der Waals surface area contributed by atoms with Crippen LogP contribution in [0, 0.1) is 5.92 Å². The lowest BCUT2D eigenvalue weighted by Gasteiger charge is -2.14. The third-order valence-corrected chi connectivity index (χ3v) is 5.66. The zero-order chi connectivity index (χ0) is 23.6. The zero-order valence-corrected chi connectivity index (χ0v) is 19.0. The Balaban J connectivity index is 1.30. The van der Waals surface area contributed by atoms with Crippen LogP contribution in [0.1, 0.15) is 22.3 Å². The molecule has 0 atom stereocenters. The Labute approximate surface area is 200 Å². The Morgan fingerprint density at radius 1 is 0.559 bits per heavy atom. The number of benzene rings is 4. The molecule has 0 aromatic heterocycles. The van der Waals surface area contributed by atoms with Gasteiger partial charge in [0.2, 0.25) is 0 Å². The van der Waals surface area contributed by atoms with Crippen LogP contribution in [-0.4, -0.2) is 11.1 Å². The molecule has 0 bridgehead atoms. The number of aliphatic carboxylic acids is 1. The van der Waals surface area contributed by atoms with Crippen LogP contribution in [0.25, 0.3) is 0 Å². The second-order valence-corrected chi connectivity index (χ2v) is 8.28. The molecule has 0 unspecified atom stereocenters. The number of carbonyl (C=O) groups is 1. The lowest BCUT2D eigenvalue weighted by Crippen LogP contribution is -2.19. The Kier molecular flexibility index (Phi) is 7.96. The lowest BCUT2D eigenvalue weighted by molar-refractivity contribution is -0.141. The van der Waals surface area contributed by atoms with Crippen LogP contribution in [0.3, 0.4) is 0 Å². The van der Waals surface area contributed by atoms with Gasteiger partial charge in [-0.25, -0.2) is 0 Å². The fraction of sp³-hybridized carbons (Fsp3) is 0.167. The predicted molar refractivity (Wildman–Crippen MR) is 133 cm³/mol. The highest BCUT2D eigenvalue weighted by molar-refractivity contribution is 5.71. The van der Waals surface area contributed by atoms with E-state index in [0.717, 1.165) is 33.8 Å². The average molecular weight is 453 g/mol. The van der Waals surface area contributed by atoms with Crippen LogP contribution in [0.4, 0.5) is 0 Å². The van der Waals surface area contributed by atoms with Gasteiger partial charge in [-0.1, -0.05) is 84.9 Å². The van der Waals surface area contributed by atoms with E-state index in [1.165, 1.54) is 0 Å².